The number of aromatic nitrogens is 4. The summed E-state index contributed by atoms with van der Waals surface area (Å²) in [6.07, 6.45) is 0. The third-order valence-electron chi connectivity index (χ3n) is 13.6. The number of hydrogen-bond acceptors (Lipinski definition) is 0. The molecule has 14 rings (SSSR count). The normalized spacial score (nSPS) is 12.1. The van der Waals surface area contributed by atoms with Crippen molar-refractivity contribution in [2.24, 2.45) is 0 Å². The Morgan fingerprint density at radius 1 is 0.258 bits per heavy atom. The van der Waals surface area contributed by atoms with Gasteiger partial charge in [0.05, 0.1) is 49.8 Å². The number of para-hydroxylation sites is 5. The van der Waals surface area contributed by atoms with Crippen LogP contribution in [0.5, 0.6) is 0 Å². The fourth-order valence-corrected chi connectivity index (χ4v) is 11.0. The molecule has 0 amide bonds. The Morgan fingerprint density at radius 2 is 0.652 bits per heavy atom. The number of hydrogen-bond donors (Lipinski definition) is 0. The minimum absolute atomic E-state index is 0.273. The maximum atomic E-state index is 15.2. The van der Waals surface area contributed by atoms with Gasteiger partial charge in [0.25, 0.3) is 0 Å². The van der Waals surface area contributed by atoms with Gasteiger partial charge in [0, 0.05) is 65.7 Å². The maximum Gasteiger partial charge on any atom is 0.125 e. The number of nitrogens with zero attached hydrogens (tertiary/aromatic N) is 4. The summed E-state index contributed by atoms with van der Waals surface area (Å²) in [5.74, 6) is -0.547. The molecule has 0 aliphatic rings. The molecular weight excluding hydrogens is 815 g/mol. The highest BCUT2D eigenvalue weighted by Crippen LogP contribution is 2.45. The molecule has 6 heteroatoms. The Labute approximate surface area is 376 Å². The van der Waals surface area contributed by atoms with Crippen molar-refractivity contribution in [3.63, 3.8) is 0 Å². The summed E-state index contributed by atoms with van der Waals surface area (Å²) in [6.45, 7) is 0. The Balaban J connectivity index is 1.07. The Bertz CT molecular complexity index is 4300. The van der Waals surface area contributed by atoms with Gasteiger partial charge in [-0.15, -0.1) is 0 Å². The first kappa shape index (κ1) is 36.7. The van der Waals surface area contributed by atoms with Gasteiger partial charge in [0.2, 0.25) is 0 Å². The average molecular weight is 851 g/mol. The molecule has 0 aliphatic carbocycles. The van der Waals surface area contributed by atoms with Crippen molar-refractivity contribution in [3.8, 4) is 33.9 Å². The molecule has 310 valence electrons. The minimum Gasteiger partial charge on any atom is -0.307 e. The van der Waals surface area contributed by atoms with Crippen LogP contribution >= 0.6 is 0 Å². The molecule has 0 atom stereocenters. The molecule has 0 saturated heterocycles. The fourth-order valence-electron chi connectivity index (χ4n) is 11.0. The van der Waals surface area contributed by atoms with E-state index >= 15 is 8.78 Å². The minimum atomic E-state index is -0.274. The zero-order valence-electron chi connectivity index (χ0n) is 35.3. The lowest BCUT2D eigenvalue weighted by atomic mass is 10.0. The van der Waals surface area contributed by atoms with Crippen LogP contribution in [0.25, 0.3) is 121 Å². The van der Waals surface area contributed by atoms with E-state index in [0.29, 0.717) is 0 Å². The van der Waals surface area contributed by atoms with Crippen LogP contribution in [0, 0.1) is 11.6 Å². The van der Waals surface area contributed by atoms with E-state index in [1.54, 1.807) is 24.3 Å². The number of halogens is 2. The monoisotopic (exact) mass is 850 g/mol. The molecule has 0 aliphatic heterocycles. The number of benzene rings is 10. The van der Waals surface area contributed by atoms with Gasteiger partial charge in [0.15, 0.2) is 0 Å². The lowest BCUT2D eigenvalue weighted by Gasteiger charge is -2.17. The topological polar surface area (TPSA) is 19.7 Å². The van der Waals surface area contributed by atoms with Crippen LogP contribution in [0.15, 0.2) is 218 Å². The number of rotatable bonds is 5. The second-order valence-corrected chi connectivity index (χ2v) is 17.2. The molecule has 0 spiro atoms. The Kier molecular flexibility index (Phi) is 7.72. The van der Waals surface area contributed by atoms with Crippen LogP contribution in [0.3, 0.4) is 0 Å². The molecule has 0 bridgehead atoms. The summed E-state index contributed by atoms with van der Waals surface area (Å²) >= 11 is 0. The molecule has 0 radical (unpaired) electrons. The first-order valence-electron chi connectivity index (χ1n) is 22.2. The van der Waals surface area contributed by atoms with E-state index in [2.05, 4.69) is 164 Å². The summed E-state index contributed by atoms with van der Waals surface area (Å²) in [5.41, 5.74) is 14.0. The van der Waals surface area contributed by atoms with Crippen molar-refractivity contribution in [2.75, 3.05) is 0 Å². The highest BCUT2D eigenvalue weighted by molar-refractivity contribution is 6.25. The first-order chi connectivity index (χ1) is 32.6. The van der Waals surface area contributed by atoms with E-state index in [1.165, 1.54) is 0 Å². The van der Waals surface area contributed by atoms with Crippen molar-refractivity contribution >= 4 is 87.2 Å². The van der Waals surface area contributed by atoms with Crippen LogP contribution < -0.4 is 0 Å². The molecular formula is C60H36F2N4. The fraction of sp³-hybridized carbons (Fsp3) is 0. The van der Waals surface area contributed by atoms with Crippen molar-refractivity contribution in [1.82, 2.24) is 18.3 Å². The van der Waals surface area contributed by atoms with Crippen molar-refractivity contribution in [3.05, 3.63) is 230 Å². The van der Waals surface area contributed by atoms with Gasteiger partial charge in [-0.25, -0.2) is 8.78 Å². The molecule has 66 heavy (non-hydrogen) atoms. The molecule has 0 unspecified atom stereocenters. The van der Waals surface area contributed by atoms with E-state index in [-0.39, 0.29) is 11.6 Å². The Hall–Kier alpha value is -8.74. The maximum absolute atomic E-state index is 15.2. The summed E-state index contributed by atoms with van der Waals surface area (Å²) in [5, 5.41) is 8.60. The van der Waals surface area contributed by atoms with Crippen LogP contribution in [0.2, 0.25) is 0 Å². The van der Waals surface area contributed by atoms with Gasteiger partial charge < -0.3 is 18.3 Å². The summed E-state index contributed by atoms with van der Waals surface area (Å²) in [4.78, 5) is 0. The van der Waals surface area contributed by atoms with Gasteiger partial charge in [0.1, 0.15) is 11.6 Å². The van der Waals surface area contributed by atoms with E-state index in [0.717, 1.165) is 121 Å². The standard InChI is InChI=1S/C60H36F2N4/c61-38-26-28-46-50-32-30-48-44-21-8-11-24-53(44)65(58(48)57(50)63(55(46)35-38)40-15-3-1-4-16-40)42-19-13-14-37(34-42)43-20-7-10-23-52(43)66-54-25-12-9-22-45(54)49-31-33-51-47-29-27-39(62)36-56(47)64(59(51)60(49)66)41-17-5-2-6-18-41/h1-36H. The largest absolute Gasteiger partial charge is 0.307 e. The first-order valence-corrected chi connectivity index (χ1v) is 22.2. The smallest absolute Gasteiger partial charge is 0.125 e. The molecule has 4 heterocycles. The van der Waals surface area contributed by atoms with Crippen LogP contribution in [-0.2, 0) is 0 Å². The predicted molar refractivity (Wildman–Crippen MR) is 269 cm³/mol. The SMILES string of the molecule is Fc1ccc2c3ccc4c5ccccc5n(-c5cccc(-c6ccccc6-n6c7ccccc7c7ccc8c9ccc(F)cc9n(-c9ccccc9)c8c76)c5)c4c3n(-c3ccccc3)c2c1. The second-order valence-electron chi connectivity index (χ2n) is 17.2. The lowest BCUT2D eigenvalue weighted by molar-refractivity contribution is 0.629. The summed E-state index contributed by atoms with van der Waals surface area (Å²) in [7, 11) is 0. The molecule has 10 aromatic carbocycles. The third-order valence-corrected chi connectivity index (χ3v) is 13.6. The molecule has 0 N–H and O–H groups in total. The van der Waals surface area contributed by atoms with Crippen LogP contribution in [0.4, 0.5) is 8.78 Å². The van der Waals surface area contributed by atoms with Gasteiger partial charge in [-0.1, -0.05) is 127 Å². The van der Waals surface area contributed by atoms with E-state index in [1.807, 2.05) is 48.5 Å². The van der Waals surface area contributed by atoms with Gasteiger partial charge >= 0.3 is 0 Å². The van der Waals surface area contributed by atoms with E-state index in [4.69, 9.17) is 0 Å². The molecule has 4 nitrogen and oxygen atoms in total. The van der Waals surface area contributed by atoms with Crippen LogP contribution in [-0.4, -0.2) is 18.3 Å². The lowest BCUT2D eigenvalue weighted by Crippen LogP contribution is -2.01. The zero-order chi connectivity index (χ0) is 43.6. The Morgan fingerprint density at radius 3 is 1.20 bits per heavy atom. The van der Waals surface area contributed by atoms with Crippen molar-refractivity contribution in [2.45, 2.75) is 0 Å². The number of fused-ring (bicyclic) bond motifs is 14. The summed E-state index contributed by atoms with van der Waals surface area (Å²) in [6, 6.07) is 74.3. The molecule has 0 saturated carbocycles. The van der Waals surface area contributed by atoms with E-state index in [9.17, 15) is 0 Å². The molecule has 14 aromatic rings. The van der Waals surface area contributed by atoms with Crippen molar-refractivity contribution in [1.29, 1.82) is 0 Å². The van der Waals surface area contributed by atoms with Gasteiger partial charge in [-0.2, -0.15) is 0 Å². The molecule has 0 fully saturated rings. The van der Waals surface area contributed by atoms with Crippen LogP contribution in [0.1, 0.15) is 0 Å². The zero-order valence-corrected chi connectivity index (χ0v) is 35.3. The highest BCUT2D eigenvalue weighted by Gasteiger charge is 2.25. The van der Waals surface area contributed by atoms with E-state index < -0.39 is 0 Å². The third kappa shape index (κ3) is 5.12. The quantitative estimate of drug-likeness (QED) is 0.164. The predicted octanol–water partition coefficient (Wildman–Crippen LogP) is 16.0. The van der Waals surface area contributed by atoms with Gasteiger partial charge in [-0.05, 0) is 96.6 Å². The highest BCUT2D eigenvalue weighted by atomic mass is 19.1. The van der Waals surface area contributed by atoms with Gasteiger partial charge in [-0.3, -0.25) is 0 Å². The van der Waals surface area contributed by atoms with Crippen molar-refractivity contribution < 1.29 is 8.78 Å². The summed E-state index contributed by atoms with van der Waals surface area (Å²) < 4.78 is 39.7. The molecule has 4 aromatic heterocycles. The second kappa shape index (κ2) is 13.9. The average Bonchev–Trinajstić information content (AvgIpc) is 4.09.